The zero-order valence-electron chi connectivity index (χ0n) is 13.2. The van der Waals surface area contributed by atoms with E-state index in [4.69, 9.17) is 0 Å². The van der Waals surface area contributed by atoms with E-state index in [1.807, 2.05) is 0 Å². The molecule has 2 heteroatoms. The number of aliphatic hydroxyl groups is 1. The molecule has 0 bridgehead atoms. The van der Waals surface area contributed by atoms with Crippen molar-refractivity contribution in [2.75, 3.05) is 7.05 Å². The Morgan fingerprint density at radius 2 is 1.95 bits per heavy atom. The fourth-order valence-corrected chi connectivity index (χ4v) is 4.52. The molecule has 2 aliphatic rings. The van der Waals surface area contributed by atoms with Gasteiger partial charge in [0, 0.05) is 12.1 Å². The molecular formula is C17H33NO. The summed E-state index contributed by atoms with van der Waals surface area (Å²) in [4.78, 5) is 2.61. The van der Waals surface area contributed by atoms with Crippen LogP contribution in [0.25, 0.3) is 0 Å². The number of nitrogens with zero attached hydrogens (tertiary/aromatic N) is 1. The van der Waals surface area contributed by atoms with Gasteiger partial charge in [-0.1, -0.05) is 32.6 Å². The van der Waals surface area contributed by atoms with Crippen LogP contribution in [-0.4, -0.2) is 35.2 Å². The highest BCUT2D eigenvalue weighted by atomic mass is 16.3. The number of rotatable bonds is 5. The van der Waals surface area contributed by atoms with E-state index in [1.54, 1.807) is 0 Å². The average molecular weight is 267 g/mol. The molecule has 2 aliphatic carbocycles. The first-order valence-corrected chi connectivity index (χ1v) is 8.49. The fourth-order valence-electron chi connectivity index (χ4n) is 4.52. The first kappa shape index (κ1) is 15.3. The number of hydrogen-bond acceptors (Lipinski definition) is 2. The van der Waals surface area contributed by atoms with Crippen LogP contribution in [0.5, 0.6) is 0 Å². The highest BCUT2D eigenvalue weighted by molar-refractivity contribution is 5.00. The third-order valence-corrected chi connectivity index (χ3v) is 5.94. The molecule has 0 saturated heterocycles. The van der Waals surface area contributed by atoms with Crippen molar-refractivity contribution >= 4 is 0 Å². The van der Waals surface area contributed by atoms with Crippen molar-refractivity contribution < 1.29 is 5.11 Å². The maximum Gasteiger partial charge on any atom is 0.0555 e. The molecule has 112 valence electrons. The molecule has 0 aliphatic heterocycles. The van der Waals surface area contributed by atoms with Gasteiger partial charge in [0.05, 0.1) is 6.10 Å². The molecule has 0 amide bonds. The molecule has 3 atom stereocenters. The van der Waals surface area contributed by atoms with Crippen molar-refractivity contribution in [3.8, 4) is 0 Å². The third kappa shape index (κ3) is 3.33. The number of aliphatic hydroxyl groups excluding tert-OH is 1. The highest BCUT2D eigenvalue weighted by Gasteiger charge is 2.46. The summed E-state index contributed by atoms with van der Waals surface area (Å²) in [7, 11) is 2.31. The van der Waals surface area contributed by atoms with Crippen molar-refractivity contribution in [1.82, 2.24) is 4.90 Å². The summed E-state index contributed by atoms with van der Waals surface area (Å²) in [5, 5.41) is 10.1. The van der Waals surface area contributed by atoms with Crippen molar-refractivity contribution in [2.45, 2.75) is 96.2 Å². The van der Waals surface area contributed by atoms with E-state index >= 15 is 0 Å². The Balaban J connectivity index is 2.04. The van der Waals surface area contributed by atoms with Gasteiger partial charge in [-0.25, -0.2) is 0 Å². The molecule has 0 heterocycles. The molecule has 1 N–H and O–H groups in total. The molecule has 0 radical (unpaired) electrons. The molecule has 2 saturated carbocycles. The lowest BCUT2D eigenvalue weighted by Crippen LogP contribution is -2.52. The van der Waals surface area contributed by atoms with E-state index in [2.05, 4.69) is 25.8 Å². The Labute approximate surface area is 119 Å². The maximum atomic E-state index is 10.1. The van der Waals surface area contributed by atoms with Crippen LogP contribution in [0.3, 0.4) is 0 Å². The standard InChI is InChI=1S/C17H33NO/c1-4-5-8-14(2)18(3)16-13-15(19)9-12-17(16)10-6-7-11-17/h14-16,19H,4-13H2,1-3H3. The van der Waals surface area contributed by atoms with Gasteiger partial charge in [-0.2, -0.15) is 0 Å². The van der Waals surface area contributed by atoms with Crippen molar-refractivity contribution in [2.24, 2.45) is 5.41 Å². The summed E-state index contributed by atoms with van der Waals surface area (Å²) in [6.45, 7) is 4.65. The van der Waals surface area contributed by atoms with E-state index in [-0.39, 0.29) is 6.10 Å². The molecule has 2 nitrogen and oxygen atoms in total. The molecule has 0 aromatic heterocycles. The predicted molar refractivity (Wildman–Crippen MR) is 81.3 cm³/mol. The topological polar surface area (TPSA) is 23.5 Å². The number of unbranched alkanes of at least 4 members (excludes halogenated alkanes) is 1. The summed E-state index contributed by atoms with van der Waals surface area (Å²) < 4.78 is 0. The molecule has 19 heavy (non-hydrogen) atoms. The minimum Gasteiger partial charge on any atom is -0.393 e. The highest BCUT2D eigenvalue weighted by Crippen LogP contribution is 2.51. The van der Waals surface area contributed by atoms with Crippen LogP contribution in [0.15, 0.2) is 0 Å². The summed E-state index contributed by atoms with van der Waals surface area (Å²) in [5.41, 5.74) is 0.536. The Bertz CT molecular complexity index is 272. The first-order chi connectivity index (χ1) is 9.09. The zero-order valence-corrected chi connectivity index (χ0v) is 13.2. The van der Waals surface area contributed by atoms with E-state index < -0.39 is 0 Å². The summed E-state index contributed by atoms with van der Waals surface area (Å²) in [6.07, 6.45) is 12.8. The van der Waals surface area contributed by atoms with Crippen molar-refractivity contribution in [3.63, 3.8) is 0 Å². The van der Waals surface area contributed by atoms with Gasteiger partial charge in [0.15, 0.2) is 0 Å². The second-order valence-corrected chi connectivity index (χ2v) is 7.17. The minimum atomic E-state index is -0.0583. The van der Waals surface area contributed by atoms with Gasteiger partial charge < -0.3 is 10.0 Å². The van der Waals surface area contributed by atoms with Gasteiger partial charge in [0.1, 0.15) is 0 Å². The molecular weight excluding hydrogens is 234 g/mol. The van der Waals surface area contributed by atoms with E-state index in [9.17, 15) is 5.11 Å². The lowest BCUT2D eigenvalue weighted by Gasteiger charge is -2.49. The lowest BCUT2D eigenvalue weighted by molar-refractivity contribution is -0.0307. The second-order valence-electron chi connectivity index (χ2n) is 7.17. The Kier molecular flexibility index (Phi) is 5.30. The Morgan fingerprint density at radius 1 is 1.26 bits per heavy atom. The van der Waals surface area contributed by atoms with E-state index in [1.165, 1.54) is 51.4 Å². The van der Waals surface area contributed by atoms with Crippen molar-refractivity contribution in [3.05, 3.63) is 0 Å². The van der Waals surface area contributed by atoms with Crippen LogP contribution in [0, 0.1) is 5.41 Å². The van der Waals surface area contributed by atoms with Gasteiger partial charge in [-0.15, -0.1) is 0 Å². The average Bonchev–Trinajstić information content (AvgIpc) is 2.87. The summed E-state index contributed by atoms with van der Waals surface area (Å²) in [5.74, 6) is 0. The quantitative estimate of drug-likeness (QED) is 0.814. The van der Waals surface area contributed by atoms with Crippen LogP contribution in [0.4, 0.5) is 0 Å². The predicted octanol–water partition coefficient (Wildman–Crippen LogP) is 3.97. The summed E-state index contributed by atoms with van der Waals surface area (Å²) >= 11 is 0. The van der Waals surface area contributed by atoms with Crippen molar-refractivity contribution in [1.29, 1.82) is 0 Å². The van der Waals surface area contributed by atoms with Gasteiger partial charge in [-0.05, 0) is 57.9 Å². The molecule has 0 aromatic carbocycles. The van der Waals surface area contributed by atoms with Crippen LogP contribution in [-0.2, 0) is 0 Å². The fraction of sp³-hybridized carbons (Fsp3) is 1.00. The molecule has 1 spiro atoms. The minimum absolute atomic E-state index is 0.0583. The van der Waals surface area contributed by atoms with E-state index in [0.29, 0.717) is 17.5 Å². The van der Waals surface area contributed by atoms with Gasteiger partial charge in [-0.3, -0.25) is 0 Å². The maximum absolute atomic E-state index is 10.1. The lowest BCUT2D eigenvalue weighted by atomic mass is 9.67. The van der Waals surface area contributed by atoms with Crippen LogP contribution in [0.1, 0.15) is 78.1 Å². The SMILES string of the molecule is CCCCC(C)N(C)C1CC(O)CCC12CCCC2. The van der Waals surface area contributed by atoms with E-state index in [0.717, 1.165) is 12.8 Å². The van der Waals surface area contributed by atoms with Gasteiger partial charge in [0.2, 0.25) is 0 Å². The summed E-state index contributed by atoms with van der Waals surface area (Å²) in [6, 6.07) is 1.28. The largest absolute Gasteiger partial charge is 0.393 e. The van der Waals surface area contributed by atoms with Crippen LogP contribution < -0.4 is 0 Å². The third-order valence-electron chi connectivity index (χ3n) is 5.94. The van der Waals surface area contributed by atoms with Crippen LogP contribution in [0.2, 0.25) is 0 Å². The molecule has 0 aromatic rings. The van der Waals surface area contributed by atoms with Gasteiger partial charge >= 0.3 is 0 Å². The second kappa shape index (κ2) is 6.58. The smallest absolute Gasteiger partial charge is 0.0555 e. The zero-order chi connectivity index (χ0) is 13.9. The van der Waals surface area contributed by atoms with Gasteiger partial charge in [0.25, 0.3) is 0 Å². The molecule has 2 fully saturated rings. The molecule has 3 unspecified atom stereocenters. The first-order valence-electron chi connectivity index (χ1n) is 8.49. The Morgan fingerprint density at radius 3 is 2.58 bits per heavy atom. The van der Waals surface area contributed by atoms with Crippen LogP contribution >= 0.6 is 0 Å². The Hall–Kier alpha value is -0.0800. The molecule has 2 rings (SSSR count). The number of hydrogen-bond donors (Lipinski definition) is 1. The normalized spacial score (nSPS) is 32.1. The monoisotopic (exact) mass is 267 g/mol.